The van der Waals surface area contributed by atoms with E-state index < -0.39 is 0 Å². The molecule has 0 radical (unpaired) electrons. The smallest absolute Gasteiger partial charge is 0.271 e. The lowest BCUT2D eigenvalue weighted by Crippen LogP contribution is -2.30. The van der Waals surface area contributed by atoms with Crippen LogP contribution in [0.4, 0.5) is 0 Å². The fraction of sp³-hybridized carbons (Fsp3) is 0.375. The van der Waals surface area contributed by atoms with Gasteiger partial charge in [-0.05, 0) is 13.8 Å². The number of nitrogens with one attached hydrogen (secondary N) is 1. The minimum atomic E-state index is -0.182. The molecular formula is C8H13Cl2N3O. The van der Waals surface area contributed by atoms with Crippen molar-refractivity contribution < 1.29 is 4.79 Å². The van der Waals surface area contributed by atoms with Crippen molar-refractivity contribution in [2.75, 3.05) is 0 Å². The Morgan fingerprint density at radius 1 is 1.36 bits per heavy atom. The number of carbonyl (C=O) groups is 1. The minimum absolute atomic E-state index is 0. The predicted octanol–water partition coefficient (Wildman–Crippen LogP) is 1.46. The fourth-order valence-corrected chi connectivity index (χ4v) is 0.752. The first kappa shape index (κ1) is 15.6. The Morgan fingerprint density at radius 3 is 2.43 bits per heavy atom. The van der Waals surface area contributed by atoms with Gasteiger partial charge in [0.05, 0.1) is 6.20 Å². The second-order valence-electron chi connectivity index (χ2n) is 2.72. The normalized spacial score (nSPS) is 8.50. The second-order valence-corrected chi connectivity index (χ2v) is 2.72. The molecule has 0 aliphatic heterocycles. The lowest BCUT2D eigenvalue weighted by molar-refractivity contribution is 0.0937. The molecule has 0 saturated carbocycles. The molecule has 1 rings (SSSR count). The van der Waals surface area contributed by atoms with Gasteiger partial charge in [-0.2, -0.15) is 0 Å². The van der Waals surface area contributed by atoms with E-state index >= 15 is 0 Å². The van der Waals surface area contributed by atoms with E-state index in [0.717, 1.165) is 0 Å². The third-order valence-electron chi connectivity index (χ3n) is 1.22. The minimum Gasteiger partial charge on any atom is -0.348 e. The first-order valence-corrected chi connectivity index (χ1v) is 3.77. The SMILES string of the molecule is CC(C)NC(=O)c1cnccn1.Cl.Cl. The summed E-state index contributed by atoms with van der Waals surface area (Å²) in [7, 11) is 0. The summed E-state index contributed by atoms with van der Waals surface area (Å²) in [5, 5.41) is 2.72. The van der Waals surface area contributed by atoms with Gasteiger partial charge in [-0.15, -0.1) is 24.8 Å². The molecule has 1 aromatic heterocycles. The van der Waals surface area contributed by atoms with Gasteiger partial charge in [0, 0.05) is 18.4 Å². The molecule has 0 aliphatic rings. The number of halogens is 2. The zero-order valence-corrected chi connectivity index (χ0v) is 9.56. The van der Waals surface area contributed by atoms with Crippen molar-refractivity contribution in [3.05, 3.63) is 24.3 Å². The Hall–Kier alpha value is -0.870. The Bertz CT molecular complexity index is 267. The fourth-order valence-electron chi connectivity index (χ4n) is 0.752. The Balaban J connectivity index is 0. The molecule has 0 atom stereocenters. The molecule has 80 valence electrons. The molecule has 14 heavy (non-hydrogen) atoms. The van der Waals surface area contributed by atoms with Gasteiger partial charge in [0.25, 0.3) is 5.91 Å². The van der Waals surface area contributed by atoms with Crippen molar-refractivity contribution >= 4 is 30.7 Å². The summed E-state index contributed by atoms with van der Waals surface area (Å²) in [6.07, 6.45) is 4.47. The zero-order chi connectivity index (χ0) is 8.97. The van der Waals surface area contributed by atoms with E-state index in [-0.39, 0.29) is 36.8 Å². The van der Waals surface area contributed by atoms with Gasteiger partial charge < -0.3 is 5.32 Å². The van der Waals surface area contributed by atoms with E-state index in [4.69, 9.17) is 0 Å². The van der Waals surface area contributed by atoms with Gasteiger partial charge >= 0.3 is 0 Å². The highest BCUT2D eigenvalue weighted by Crippen LogP contribution is 1.90. The standard InChI is InChI=1S/C8H11N3O.2ClH/c1-6(2)11-8(12)7-5-9-3-4-10-7;;/h3-6H,1-2H3,(H,11,12);2*1H. The molecule has 0 aromatic carbocycles. The predicted molar refractivity (Wildman–Crippen MR) is 59.1 cm³/mol. The lowest BCUT2D eigenvalue weighted by Gasteiger charge is -2.06. The van der Waals surface area contributed by atoms with Gasteiger partial charge in [-0.1, -0.05) is 0 Å². The molecule has 0 bridgehead atoms. The maximum Gasteiger partial charge on any atom is 0.271 e. The van der Waals surface area contributed by atoms with Gasteiger partial charge in [0.2, 0.25) is 0 Å². The number of nitrogens with zero attached hydrogens (tertiary/aromatic N) is 2. The summed E-state index contributed by atoms with van der Waals surface area (Å²) in [5.41, 5.74) is 0.353. The summed E-state index contributed by atoms with van der Waals surface area (Å²) < 4.78 is 0. The first-order valence-electron chi connectivity index (χ1n) is 3.77. The Morgan fingerprint density at radius 2 is 2.00 bits per heavy atom. The van der Waals surface area contributed by atoms with E-state index in [0.29, 0.717) is 5.69 Å². The number of amides is 1. The highest BCUT2D eigenvalue weighted by atomic mass is 35.5. The molecule has 1 aromatic rings. The van der Waals surface area contributed by atoms with Crippen LogP contribution in [0.3, 0.4) is 0 Å². The molecule has 6 heteroatoms. The van der Waals surface area contributed by atoms with Gasteiger partial charge in [0.15, 0.2) is 0 Å². The largest absolute Gasteiger partial charge is 0.348 e. The average Bonchev–Trinajstić information content (AvgIpc) is 2.05. The van der Waals surface area contributed by atoms with E-state index in [1.165, 1.54) is 18.6 Å². The Kier molecular flexibility index (Phi) is 8.38. The summed E-state index contributed by atoms with van der Waals surface area (Å²) >= 11 is 0. The van der Waals surface area contributed by atoms with Crippen LogP contribution in [0.15, 0.2) is 18.6 Å². The third kappa shape index (κ3) is 4.99. The van der Waals surface area contributed by atoms with E-state index in [1.54, 1.807) is 0 Å². The highest BCUT2D eigenvalue weighted by Gasteiger charge is 2.06. The number of aromatic nitrogens is 2. The zero-order valence-electron chi connectivity index (χ0n) is 7.93. The summed E-state index contributed by atoms with van der Waals surface area (Å²) in [5.74, 6) is -0.182. The maximum absolute atomic E-state index is 11.2. The summed E-state index contributed by atoms with van der Waals surface area (Å²) in [6, 6.07) is 0.125. The molecule has 0 aliphatic carbocycles. The molecular weight excluding hydrogens is 225 g/mol. The topological polar surface area (TPSA) is 54.9 Å². The quantitative estimate of drug-likeness (QED) is 0.848. The molecule has 4 nitrogen and oxygen atoms in total. The number of rotatable bonds is 2. The molecule has 1 heterocycles. The number of hydrogen-bond acceptors (Lipinski definition) is 3. The monoisotopic (exact) mass is 237 g/mol. The number of carbonyl (C=O) groups excluding carboxylic acids is 1. The van der Waals surface area contributed by atoms with Crippen molar-refractivity contribution in [1.29, 1.82) is 0 Å². The van der Waals surface area contributed by atoms with E-state index in [2.05, 4.69) is 15.3 Å². The third-order valence-corrected chi connectivity index (χ3v) is 1.22. The highest BCUT2D eigenvalue weighted by molar-refractivity contribution is 5.91. The average molecular weight is 238 g/mol. The molecule has 0 saturated heterocycles. The maximum atomic E-state index is 11.2. The van der Waals surface area contributed by atoms with E-state index in [9.17, 15) is 4.79 Å². The second kappa shape index (κ2) is 7.53. The van der Waals surface area contributed by atoms with Crippen molar-refractivity contribution in [2.45, 2.75) is 19.9 Å². The molecule has 0 spiro atoms. The summed E-state index contributed by atoms with van der Waals surface area (Å²) in [4.78, 5) is 18.9. The molecule has 1 N–H and O–H groups in total. The summed E-state index contributed by atoms with van der Waals surface area (Å²) in [6.45, 7) is 3.79. The van der Waals surface area contributed by atoms with Crippen LogP contribution in [0.2, 0.25) is 0 Å². The van der Waals surface area contributed by atoms with Gasteiger partial charge in [-0.25, -0.2) is 4.98 Å². The van der Waals surface area contributed by atoms with Crippen LogP contribution in [-0.4, -0.2) is 21.9 Å². The van der Waals surface area contributed by atoms with Crippen LogP contribution in [0.1, 0.15) is 24.3 Å². The number of hydrogen-bond donors (Lipinski definition) is 1. The van der Waals surface area contributed by atoms with Crippen molar-refractivity contribution in [3.63, 3.8) is 0 Å². The van der Waals surface area contributed by atoms with E-state index in [1.807, 2.05) is 13.8 Å². The Labute approximate surface area is 95.3 Å². The van der Waals surface area contributed by atoms with Crippen LogP contribution in [-0.2, 0) is 0 Å². The van der Waals surface area contributed by atoms with Crippen LogP contribution in [0, 0.1) is 0 Å². The van der Waals surface area contributed by atoms with Crippen LogP contribution in [0.5, 0.6) is 0 Å². The van der Waals surface area contributed by atoms with Crippen molar-refractivity contribution in [3.8, 4) is 0 Å². The van der Waals surface area contributed by atoms with Gasteiger partial charge in [0.1, 0.15) is 5.69 Å². The lowest BCUT2D eigenvalue weighted by atomic mass is 10.3. The molecule has 1 amide bonds. The van der Waals surface area contributed by atoms with Crippen LogP contribution >= 0.6 is 24.8 Å². The van der Waals surface area contributed by atoms with Crippen molar-refractivity contribution in [1.82, 2.24) is 15.3 Å². The first-order chi connectivity index (χ1) is 5.70. The van der Waals surface area contributed by atoms with Crippen LogP contribution in [0.25, 0.3) is 0 Å². The molecule has 0 unspecified atom stereocenters. The molecule has 0 fully saturated rings. The van der Waals surface area contributed by atoms with Crippen molar-refractivity contribution in [2.24, 2.45) is 0 Å². The van der Waals surface area contributed by atoms with Gasteiger partial charge in [-0.3, -0.25) is 9.78 Å². The van der Waals surface area contributed by atoms with Crippen LogP contribution < -0.4 is 5.32 Å².